The lowest BCUT2D eigenvalue weighted by Gasteiger charge is -2.32. The third-order valence-electron chi connectivity index (χ3n) is 4.33. The van der Waals surface area contributed by atoms with Crippen LogP contribution in [0.4, 0.5) is 4.79 Å². The van der Waals surface area contributed by atoms with Crippen LogP contribution in [0.5, 0.6) is 11.5 Å². The largest absolute Gasteiger partial charge is 0.504 e. The molecule has 1 aliphatic heterocycles. The summed E-state index contributed by atoms with van der Waals surface area (Å²) in [7, 11) is 0. The summed E-state index contributed by atoms with van der Waals surface area (Å²) >= 11 is 12.0. The molecule has 2 amide bonds. The Morgan fingerprint density at radius 1 is 1.19 bits per heavy atom. The molecule has 0 bridgehead atoms. The fourth-order valence-electron chi connectivity index (χ4n) is 2.86. The van der Waals surface area contributed by atoms with Crippen molar-refractivity contribution < 1.29 is 14.6 Å². The SMILES string of the molecule is O=C(NCc1ccc(Cl)cc1Cl)N1CCC(Oc2ccccc2O)CC1. The molecule has 0 aliphatic carbocycles. The number of para-hydroxylation sites is 2. The zero-order chi connectivity index (χ0) is 18.5. The number of benzene rings is 2. The molecular formula is C19H20Cl2N2O3. The van der Waals surface area contributed by atoms with Gasteiger partial charge in [-0.2, -0.15) is 0 Å². The Kier molecular flexibility index (Phi) is 6.12. The predicted molar refractivity (Wildman–Crippen MR) is 102 cm³/mol. The number of urea groups is 1. The average molecular weight is 395 g/mol. The molecule has 0 aromatic heterocycles. The van der Waals surface area contributed by atoms with Crippen LogP contribution < -0.4 is 10.1 Å². The van der Waals surface area contributed by atoms with Crippen molar-refractivity contribution in [3.8, 4) is 11.5 Å². The van der Waals surface area contributed by atoms with E-state index in [9.17, 15) is 9.90 Å². The maximum absolute atomic E-state index is 12.3. The first-order chi connectivity index (χ1) is 12.5. The Morgan fingerprint density at radius 3 is 2.62 bits per heavy atom. The minimum absolute atomic E-state index is 0.0157. The standard InChI is InChI=1S/C19H20Cl2N2O3/c20-14-6-5-13(16(21)11-14)12-22-19(25)23-9-7-15(8-10-23)26-18-4-2-1-3-17(18)24/h1-6,11,15,24H,7-10,12H2,(H,22,25). The summed E-state index contributed by atoms with van der Waals surface area (Å²) in [4.78, 5) is 14.1. The number of nitrogens with zero attached hydrogens (tertiary/aromatic N) is 1. The summed E-state index contributed by atoms with van der Waals surface area (Å²) in [6, 6.07) is 12.0. The lowest BCUT2D eigenvalue weighted by molar-refractivity contribution is 0.108. The Balaban J connectivity index is 1.47. The molecular weight excluding hydrogens is 375 g/mol. The van der Waals surface area contributed by atoms with Gasteiger partial charge in [0.2, 0.25) is 0 Å². The molecule has 2 N–H and O–H groups in total. The van der Waals surface area contributed by atoms with Gasteiger partial charge in [-0.05, 0) is 29.8 Å². The number of ether oxygens (including phenoxy) is 1. The monoisotopic (exact) mass is 394 g/mol. The van der Waals surface area contributed by atoms with Crippen molar-refractivity contribution in [3.63, 3.8) is 0 Å². The zero-order valence-corrected chi connectivity index (χ0v) is 15.6. The van der Waals surface area contributed by atoms with Gasteiger partial charge in [0.05, 0.1) is 0 Å². The van der Waals surface area contributed by atoms with Crippen LogP contribution in [0.25, 0.3) is 0 Å². The fraction of sp³-hybridized carbons (Fsp3) is 0.316. The third-order valence-corrected chi connectivity index (χ3v) is 4.92. The Hall–Kier alpha value is -2.11. The molecule has 26 heavy (non-hydrogen) atoms. The van der Waals surface area contributed by atoms with Crippen molar-refractivity contribution >= 4 is 29.2 Å². The molecule has 5 nitrogen and oxygen atoms in total. The smallest absolute Gasteiger partial charge is 0.317 e. The van der Waals surface area contributed by atoms with Crippen LogP contribution in [0.2, 0.25) is 10.0 Å². The molecule has 138 valence electrons. The highest BCUT2D eigenvalue weighted by Crippen LogP contribution is 2.28. The lowest BCUT2D eigenvalue weighted by Crippen LogP contribution is -2.46. The van der Waals surface area contributed by atoms with E-state index < -0.39 is 0 Å². The first-order valence-electron chi connectivity index (χ1n) is 8.44. The molecule has 2 aromatic carbocycles. The molecule has 2 aromatic rings. The molecule has 1 aliphatic rings. The molecule has 1 fully saturated rings. The molecule has 0 radical (unpaired) electrons. The van der Waals surface area contributed by atoms with Gasteiger partial charge in [0, 0.05) is 42.5 Å². The number of hydrogen-bond donors (Lipinski definition) is 2. The molecule has 0 unspecified atom stereocenters. The molecule has 7 heteroatoms. The van der Waals surface area contributed by atoms with E-state index in [0.29, 0.717) is 48.3 Å². The van der Waals surface area contributed by atoms with Crippen molar-refractivity contribution in [3.05, 3.63) is 58.1 Å². The molecule has 0 atom stereocenters. The van der Waals surface area contributed by atoms with E-state index in [1.54, 1.807) is 41.3 Å². The molecule has 1 saturated heterocycles. The zero-order valence-electron chi connectivity index (χ0n) is 14.1. The number of hydrogen-bond acceptors (Lipinski definition) is 3. The number of nitrogens with one attached hydrogen (secondary N) is 1. The van der Waals surface area contributed by atoms with Crippen molar-refractivity contribution in [1.29, 1.82) is 0 Å². The van der Waals surface area contributed by atoms with E-state index in [1.807, 2.05) is 6.07 Å². The normalized spacial score (nSPS) is 14.9. The summed E-state index contributed by atoms with van der Waals surface area (Å²) in [5.41, 5.74) is 0.821. The van der Waals surface area contributed by atoms with Gasteiger partial charge in [-0.3, -0.25) is 0 Å². The number of halogens is 2. The summed E-state index contributed by atoms with van der Waals surface area (Å²) in [6.07, 6.45) is 1.41. The second-order valence-electron chi connectivity index (χ2n) is 6.17. The topological polar surface area (TPSA) is 61.8 Å². The van der Waals surface area contributed by atoms with Crippen LogP contribution in [0.3, 0.4) is 0 Å². The van der Waals surface area contributed by atoms with Gasteiger partial charge in [-0.25, -0.2) is 4.79 Å². The Morgan fingerprint density at radius 2 is 1.92 bits per heavy atom. The number of amides is 2. The number of rotatable bonds is 4. The lowest BCUT2D eigenvalue weighted by atomic mass is 10.1. The van der Waals surface area contributed by atoms with Crippen molar-refractivity contribution in [1.82, 2.24) is 10.2 Å². The van der Waals surface area contributed by atoms with Crippen LogP contribution in [-0.2, 0) is 6.54 Å². The second-order valence-corrected chi connectivity index (χ2v) is 7.01. The number of carbonyl (C=O) groups excluding carboxylic acids is 1. The molecule has 1 heterocycles. The number of phenolic OH excluding ortho intramolecular Hbond substituents is 1. The van der Waals surface area contributed by atoms with E-state index in [2.05, 4.69) is 5.32 Å². The fourth-order valence-corrected chi connectivity index (χ4v) is 3.34. The number of phenols is 1. The van der Waals surface area contributed by atoms with E-state index in [0.717, 1.165) is 5.56 Å². The van der Waals surface area contributed by atoms with Gasteiger partial charge >= 0.3 is 6.03 Å². The minimum Gasteiger partial charge on any atom is -0.504 e. The van der Waals surface area contributed by atoms with Gasteiger partial charge in [0.15, 0.2) is 11.5 Å². The maximum atomic E-state index is 12.3. The van der Waals surface area contributed by atoms with Gasteiger partial charge in [-0.15, -0.1) is 0 Å². The Bertz CT molecular complexity index is 777. The predicted octanol–water partition coefficient (Wildman–Crippen LogP) is 4.45. The highest BCUT2D eigenvalue weighted by atomic mass is 35.5. The summed E-state index contributed by atoms with van der Waals surface area (Å²) in [5, 5.41) is 13.8. The van der Waals surface area contributed by atoms with Gasteiger partial charge in [-0.1, -0.05) is 41.4 Å². The number of carbonyl (C=O) groups is 1. The number of likely N-dealkylation sites (tertiary alicyclic amines) is 1. The van der Waals surface area contributed by atoms with Crippen LogP contribution in [0.1, 0.15) is 18.4 Å². The molecule has 3 rings (SSSR count). The maximum Gasteiger partial charge on any atom is 0.317 e. The van der Waals surface area contributed by atoms with Crippen molar-refractivity contribution in [2.24, 2.45) is 0 Å². The third kappa shape index (κ3) is 4.74. The van der Waals surface area contributed by atoms with Crippen molar-refractivity contribution in [2.75, 3.05) is 13.1 Å². The van der Waals surface area contributed by atoms with Crippen LogP contribution in [0.15, 0.2) is 42.5 Å². The number of aromatic hydroxyl groups is 1. The first-order valence-corrected chi connectivity index (χ1v) is 9.20. The van der Waals surface area contributed by atoms with Crippen molar-refractivity contribution in [2.45, 2.75) is 25.5 Å². The van der Waals surface area contributed by atoms with E-state index in [-0.39, 0.29) is 17.9 Å². The molecule has 0 saturated carbocycles. The summed E-state index contributed by atoms with van der Waals surface area (Å²) in [6.45, 7) is 1.54. The van der Waals surface area contributed by atoms with Crippen LogP contribution in [0, 0.1) is 0 Å². The van der Waals surface area contributed by atoms with E-state index in [1.165, 1.54) is 0 Å². The van der Waals surface area contributed by atoms with Crippen LogP contribution >= 0.6 is 23.2 Å². The van der Waals surface area contributed by atoms with Crippen LogP contribution in [-0.4, -0.2) is 35.2 Å². The summed E-state index contributed by atoms with van der Waals surface area (Å²) < 4.78 is 5.83. The number of piperidine rings is 1. The average Bonchev–Trinajstić information content (AvgIpc) is 2.63. The quantitative estimate of drug-likeness (QED) is 0.804. The van der Waals surface area contributed by atoms with Gasteiger partial charge in [0.25, 0.3) is 0 Å². The first kappa shape index (κ1) is 18.7. The summed E-state index contributed by atoms with van der Waals surface area (Å²) in [5.74, 6) is 0.611. The second kappa shape index (κ2) is 8.52. The van der Waals surface area contributed by atoms with E-state index in [4.69, 9.17) is 27.9 Å². The van der Waals surface area contributed by atoms with Gasteiger partial charge < -0.3 is 20.1 Å². The Labute approximate surface area is 162 Å². The minimum atomic E-state index is -0.128. The van der Waals surface area contributed by atoms with Gasteiger partial charge in [0.1, 0.15) is 6.10 Å². The van der Waals surface area contributed by atoms with E-state index >= 15 is 0 Å². The highest BCUT2D eigenvalue weighted by molar-refractivity contribution is 6.35. The highest BCUT2D eigenvalue weighted by Gasteiger charge is 2.24. The molecule has 0 spiro atoms.